The van der Waals surface area contributed by atoms with Crippen molar-refractivity contribution in [3.8, 4) is 0 Å². The summed E-state index contributed by atoms with van der Waals surface area (Å²) in [7, 11) is 2.09. The molecule has 0 radical (unpaired) electrons. The molecule has 2 aliphatic heterocycles. The molecule has 2 atom stereocenters. The zero-order chi connectivity index (χ0) is 19.0. The molecule has 0 aromatic heterocycles. The van der Waals surface area contributed by atoms with Crippen LogP contribution in [0, 0.1) is 0 Å². The molecule has 2 heterocycles. The van der Waals surface area contributed by atoms with Crippen LogP contribution in [0.25, 0.3) is 0 Å². The molecular weight excluding hydrogens is 381 g/mol. The Morgan fingerprint density at radius 1 is 1.26 bits per heavy atom. The van der Waals surface area contributed by atoms with Gasteiger partial charge in [0.05, 0.1) is 0 Å². The highest BCUT2D eigenvalue weighted by atomic mass is 35.5. The Balaban J connectivity index is 1.63. The summed E-state index contributed by atoms with van der Waals surface area (Å²) in [5.41, 5.74) is 4.22. The summed E-state index contributed by atoms with van der Waals surface area (Å²) in [6.45, 7) is 1.67. The fourth-order valence-electron chi connectivity index (χ4n) is 3.83. The highest BCUT2D eigenvalue weighted by Crippen LogP contribution is 2.38. The molecule has 6 heteroatoms. The minimum atomic E-state index is -0.201. The van der Waals surface area contributed by atoms with Crippen LogP contribution < -0.4 is 10.6 Å². The Labute approximate surface area is 169 Å². The van der Waals surface area contributed by atoms with Crippen LogP contribution in [0.2, 0.25) is 10.0 Å². The number of carbonyl (C=O) groups is 1. The van der Waals surface area contributed by atoms with E-state index in [-0.39, 0.29) is 17.9 Å². The SMILES string of the molecule is CN1Cc2c(Cl)cc(Cl)cc2C(c2cccc(NC(=O)C3CC=CN3)c2)C1. The smallest absolute Gasteiger partial charge is 0.247 e. The van der Waals surface area contributed by atoms with Gasteiger partial charge in [0.2, 0.25) is 5.91 Å². The van der Waals surface area contributed by atoms with Crippen LogP contribution >= 0.6 is 23.2 Å². The molecular formula is C21H21Cl2N3O. The Hall–Kier alpha value is -2.01. The molecule has 2 N–H and O–H groups in total. The van der Waals surface area contributed by atoms with E-state index in [1.807, 2.05) is 36.5 Å². The number of nitrogens with one attached hydrogen (secondary N) is 2. The maximum absolute atomic E-state index is 12.4. The van der Waals surface area contributed by atoms with Crippen molar-refractivity contribution >= 4 is 34.8 Å². The summed E-state index contributed by atoms with van der Waals surface area (Å²) in [5.74, 6) is 0.127. The summed E-state index contributed by atoms with van der Waals surface area (Å²) in [6.07, 6.45) is 4.50. The molecule has 0 saturated carbocycles. The summed E-state index contributed by atoms with van der Waals surface area (Å²) < 4.78 is 0. The van der Waals surface area contributed by atoms with E-state index in [4.69, 9.17) is 23.2 Å². The maximum Gasteiger partial charge on any atom is 0.247 e. The molecule has 4 nitrogen and oxygen atoms in total. The van der Waals surface area contributed by atoms with E-state index in [0.717, 1.165) is 35.5 Å². The van der Waals surface area contributed by atoms with E-state index in [1.165, 1.54) is 0 Å². The number of halogens is 2. The fraction of sp³-hybridized carbons (Fsp3) is 0.286. The van der Waals surface area contributed by atoms with E-state index in [0.29, 0.717) is 16.5 Å². The van der Waals surface area contributed by atoms with Gasteiger partial charge < -0.3 is 15.5 Å². The number of fused-ring (bicyclic) bond motifs is 1. The number of benzene rings is 2. The maximum atomic E-state index is 12.4. The lowest BCUT2D eigenvalue weighted by Gasteiger charge is -2.33. The molecule has 0 bridgehead atoms. The molecule has 4 rings (SSSR count). The average Bonchev–Trinajstić information content (AvgIpc) is 3.17. The van der Waals surface area contributed by atoms with Crippen molar-refractivity contribution in [2.75, 3.05) is 18.9 Å². The van der Waals surface area contributed by atoms with E-state index in [2.05, 4.69) is 28.6 Å². The second-order valence-corrected chi connectivity index (χ2v) is 8.02. The van der Waals surface area contributed by atoms with Gasteiger partial charge in [0.15, 0.2) is 0 Å². The first-order chi connectivity index (χ1) is 13.0. The van der Waals surface area contributed by atoms with Crippen LogP contribution in [0.3, 0.4) is 0 Å². The van der Waals surface area contributed by atoms with Gasteiger partial charge in [0.1, 0.15) is 6.04 Å². The number of nitrogens with zero attached hydrogens (tertiary/aromatic N) is 1. The van der Waals surface area contributed by atoms with Crippen molar-refractivity contribution in [3.63, 3.8) is 0 Å². The van der Waals surface area contributed by atoms with Crippen LogP contribution in [0.15, 0.2) is 48.7 Å². The molecule has 0 spiro atoms. The zero-order valence-electron chi connectivity index (χ0n) is 15.0. The third kappa shape index (κ3) is 3.84. The van der Waals surface area contributed by atoms with Gasteiger partial charge in [-0.1, -0.05) is 41.4 Å². The largest absolute Gasteiger partial charge is 0.380 e. The molecule has 2 aromatic carbocycles. The lowest BCUT2D eigenvalue weighted by Crippen LogP contribution is -2.34. The number of likely N-dealkylation sites (N-methyl/N-ethyl adjacent to an activating group) is 1. The van der Waals surface area contributed by atoms with E-state index in [1.54, 1.807) is 6.07 Å². The van der Waals surface area contributed by atoms with Gasteiger partial charge >= 0.3 is 0 Å². The van der Waals surface area contributed by atoms with Crippen molar-refractivity contribution in [2.24, 2.45) is 0 Å². The van der Waals surface area contributed by atoms with Crippen molar-refractivity contribution in [1.29, 1.82) is 0 Å². The Bertz CT molecular complexity index is 904. The zero-order valence-corrected chi connectivity index (χ0v) is 16.5. The Kier molecular flexibility index (Phi) is 5.13. The molecule has 27 heavy (non-hydrogen) atoms. The second-order valence-electron chi connectivity index (χ2n) is 7.18. The topological polar surface area (TPSA) is 44.4 Å². The summed E-state index contributed by atoms with van der Waals surface area (Å²) in [4.78, 5) is 14.6. The number of hydrogen-bond acceptors (Lipinski definition) is 3. The number of carbonyl (C=O) groups excluding carboxylic acids is 1. The van der Waals surface area contributed by atoms with Gasteiger partial charge in [-0.3, -0.25) is 4.79 Å². The van der Waals surface area contributed by atoms with Gasteiger partial charge in [-0.25, -0.2) is 0 Å². The lowest BCUT2D eigenvalue weighted by molar-refractivity contribution is -0.117. The highest BCUT2D eigenvalue weighted by molar-refractivity contribution is 6.35. The number of rotatable bonds is 3. The predicted octanol–water partition coefficient (Wildman–Crippen LogP) is 4.38. The molecule has 1 amide bonds. The molecule has 0 saturated heterocycles. The van der Waals surface area contributed by atoms with Gasteiger partial charge in [-0.05, 0) is 60.6 Å². The van der Waals surface area contributed by atoms with E-state index in [9.17, 15) is 4.79 Å². The van der Waals surface area contributed by atoms with Crippen molar-refractivity contribution in [3.05, 3.63) is 75.4 Å². The quantitative estimate of drug-likeness (QED) is 0.801. The van der Waals surface area contributed by atoms with Gasteiger partial charge in [0.25, 0.3) is 0 Å². The van der Waals surface area contributed by atoms with Gasteiger partial charge in [-0.15, -0.1) is 0 Å². The Morgan fingerprint density at radius 2 is 2.11 bits per heavy atom. The number of hydrogen-bond donors (Lipinski definition) is 2. The number of anilines is 1. The molecule has 2 aliphatic rings. The predicted molar refractivity (Wildman–Crippen MR) is 110 cm³/mol. The first-order valence-electron chi connectivity index (χ1n) is 8.99. The average molecular weight is 402 g/mol. The van der Waals surface area contributed by atoms with Crippen LogP contribution in [0.5, 0.6) is 0 Å². The standard InChI is InChI=1S/C21H21Cl2N3O/c1-26-11-17(16-9-14(22)10-19(23)18(16)12-26)13-4-2-5-15(8-13)25-21(27)20-6-3-7-24-20/h2-5,7-10,17,20,24H,6,11-12H2,1H3,(H,25,27). The van der Waals surface area contributed by atoms with E-state index < -0.39 is 0 Å². The van der Waals surface area contributed by atoms with Crippen molar-refractivity contribution < 1.29 is 4.79 Å². The van der Waals surface area contributed by atoms with E-state index >= 15 is 0 Å². The number of amides is 1. The second kappa shape index (κ2) is 7.55. The Morgan fingerprint density at radius 3 is 2.89 bits per heavy atom. The summed E-state index contributed by atoms with van der Waals surface area (Å²) >= 11 is 12.7. The minimum absolute atomic E-state index is 0.0237. The fourth-order valence-corrected chi connectivity index (χ4v) is 4.40. The third-order valence-corrected chi connectivity index (χ3v) is 5.71. The van der Waals surface area contributed by atoms with Gasteiger partial charge in [-0.2, -0.15) is 0 Å². The normalized spacial score (nSPS) is 21.6. The van der Waals surface area contributed by atoms with Crippen LogP contribution in [-0.2, 0) is 11.3 Å². The molecule has 2 aromatic rings. The first-order valence-corrected chi connectivity index (χ1v) is 9.75. The molecule has 2 unspecified atom stereocenters. The summed E-state index contributed by atoms with van der Waals surface area (Å²) in [6, 6.07) is 11.6. The van der Waals surface area contributed by atoms with Crippen molar-refractivity contribution in [1.82, 2.24) is 10.2 Å². The monoisotopic (exact) mass is 401 g/mol. The third-order valence-electron chi connectivity index (χ3n) is 5.15. The van der Waals surface area contributed by atoms with Crippen molar-refractivity contribution in [2.45, 2.75) is 24.9 Å². The molecule has 0 aliphatic carbocycles. The molecule has 0 fully saturated rings. The summed E-state index contributed by atoms with van der Waals surface area (Å²) in [5, 5.41) is 7.43. The van der Waals surface area contributed by atoms with Crippen LogP contribution in [0.1, 0.15) is 29.0 Å². The lowest BCUT2D eigenvalue weighted by atomic mass is 9.84. The van der Waals surface area contributed by atoms with Crippen LogP contribution in [-0.4, -0.2) is 30.4 Å². The highest BCUT2D eigenvalue weighted by Gasteiger charge is 2.27. The van der Waals surface area contributed by atoms with Crippen LogP contribution in [0.4, 0.5) is 5.69 Å². The van der Waals surface area contributed by atoms with Gasteiger partial charge in [0, 0.05) is 34.7 Å². The first kappa shape index (κ1) is 18.4. The minimum Gasteiger partial charge on any atom is -0.380 e. The molecule has 140 valence electrons.